The van der Waals surface area contributed by atoms with Crippen molar-refractivity contribution >= 4 is 28.7 Å². The first-order valence-corrected chi connectivity index (χ1v) is 10.3. The molecule has 0 aliphatic carbocycles. The van der Waals surface area contributed by atoms with E-state index in [0.717, 1.165) is 29.3 Å². The second kappa shape index (κ2) is 11.0. The molecule has 3 N–H and O–H groups in total. The largest absolute Gasteiger partial charge is 0.454 e. The highest BCUT2D eigenvalue weighted by molar-refractivity contribution is 5.88. The summed E-state index contributed by atoms with van der Waals surface area (Å²) in [5.74, 6) is -1.35. The second-order valence-electron chi connectivity index (χ2n) is 7.36. The zero-order valence-corrected chi connectivity index (χ0v) is 17.5. The summed E-state index contributed by atoms with van der Waals surface area (Å²) in [5.41, 5.74) is 3.04. The molecule has 1 atom stereocenters. The summed E-state index contributed by atoms with van der Waals surface area (Å²) >= 11 is 0. The molecule has 3 aromatic rings. The molecule has 0 bridgehead atoms. The van der Waals surface area contributed by atoms with Gasteiger partial charge in [-0.2, -0.15) is 0 Å². The number of para-hydroxylation sites is 1. The maximum Gasteiger partial charge on any atom is 0.329 e. The Morgan fingerprint density at radius 2 is 1.77 bits per heavy atom. The Kier molecular flexibility index (Phi) is 7.81. The normalized spacial score (nSPS) is 11.6. The molecule has 0 saturated carbocycles. The van der Waals surface area contributed by atoms with E-state index in [4.69, 9.17) is 4.74 Å². The Morgan fingerprint density at radius 1 is 1.03 bits per heavy atom. The number of ether oxygens (including phenoxy) is 1. The first-order valence-electron chi connectivity index (χ1n) is 10.3. The summed E-state index contributed by atoms with van der Waals surface area (Å²) in [4.78, 5) is 39.3. The van der Waals surface area contributed by atoms with E-state index in [9.17, 15) is 14.4 Å². The lowest BCUT2D eigenvalue weighted by Gasteiger charge is -2.16. The summed E-state index contributed by atoms with van der Waals surface area (Å²) in [7, 11) is 0. The van der Waals surface area contributed by atoms with Crippen molar-refractivity contribution in [2.75, 3.05) is 13.2 Å². The third-order valence-corrected chi connectivity index (χ3v) is 4.91. The zero-order chi connectivity index (χ0) is 22.1. The number of H-pyrrole nitrogens is 1. The molecule has 0 aliphatic rings. The standard InChI is InChI=1S/C24H27N3O4/c1-17(28)27-22(14-19-15-26-21-12-6-5-11-20(19)21)24(30)31-16-23(29)25-13-7-10-18-8-3-2-4-9-18/h2-6,8-9,11-12,15,22,26H,7,10,13-14,16H2,1H3,(H,25,29)(H,27,28). The summed E-state index contributed by atoms with van der Waals surface area (Å²) in [6, 6.07) is 16.8. The van der Waals surface area contributed by atoms with Crippen molar-refractivity contribution in [3.05, 3.63) is 71.9 Å². The van der Waals surface area contributed by atoms with Crippen LogP contribution >= 0.6 is 0 Å². The third kappa shape index (κ3) is 6.70. The van der Waals surface area contributed by atoms with Crippen LogP contribution in [-0.4, -0.2) is 42.0 Å². The van der Waals surface area contributed by atoms with Crippen molar-refractivity contribution in [2.24, 2.45) is 0 Å². The number of aromatic nitrogens is 1. The predicted octanol–water partition coefficient (Wildman–Crippen LogP) is 2.51. The van der Waals surface area contributed by atoms with Gasteiger partial charge in [-0.1, -0.05) is 48.5 Å². The van der Waals surface area contributed by atoms with Crippen LogP contribution in [0.3, 0.4) is 0 Å². The van der Waals surface area contributed by atoms with E-state index in [1.165, 1.54) is 12.5 Å². The molecule has 2 aromatic carbocycles. The Balaban J connectivity index is 1.47. The Bertz CT molecular complexity index is 1030. The molecular weight excluding hydrogens is 394 g/mol. The van der Waals surface area contributed by atoms with E-state index in [0.29, 0.717) is 6.54 Å². The number of aromatic amines is 1. The minimum absolute atomic E-state index is 0.265. The number of amides is 2. The van der Waals surface area contributed by atoms with Crippen LogP contribution in [0.4, 0.5) is 0 Å². The van der Waals surface area contributed by atoms with Crippen LogP contribution in [0.2, 0.25) is 0 Å². The number of nitrogens with one attached hydrogen (secondary N) is 3. The maximum absolute atomic E-state index is 12.5. The minimum Gasteiger partial charge on any atom is -0.454 e. The molecule has 0 fully saturated rings. The van der Waals surface area contributed by atoms with Gasteiger partial charge < -0.3 is 20.4 Å². The van der Waals surface area contributed by atoms with Gasteiger partial charge in [0.15, 0.2) is 6.61 Å². The molecule has 1 heterocycles. The first kappa shape index (κ1) is 22.1. The molecule has 0 spiro atoms. The SMILES string of the molecule is CC(=O)NC(Cc1c[nH]c2ccccc12)C(=O)OCC(=O)NCCCc1ccccc1. The van der Waals surface area contributed by atoms with Gasteiger partial charge >= 0.3 is 5.97 Å². The lowest BCUT2D eigenvalue weighted by atomic mass is 10.0. The van der Waals surface area contributed by atoms with Crippen LogP contribution in [0.5, 0.6) is 0 Å². The fourth-order valence-electron chi connectivity index (χ4n) is 3.41. The van der Waals surface area contributed by atoms with Crippen molar-refractivity contribution < 1.29 is 19.1 Å². The van der Waals surface area contributed by atoms with Crippen LogP contribution < -0.4 is 10.6 Å². The third-order valence-electron chi connectivity index (χ3n) is 4.91. The van der Waals surface area contributed by atoms with Crippen molar-refractivity contribution in [1.29, 1.82) is 0 Å². The Morgan fingerprint density at radius 3 is 2.55 bits per heavy atom. The molecule has 1 aromatic heterocycles. The molecule has 0 aliphatic heterocycles. The van der Waals surface area contributed by atoms with Crippen molar-refractivity contribution in [1.82, 2.24) is 15.6 Å². The number of rotatable bonds is 10. The number of fused-ring (bicyclic) bond motifs is 1. The number of esters is 1. The summed E-state index contributed by atoms with van der Waals surface area (Å²) < 4.78 is 5.17. The second-order valence-corrected chi connectivity index (χ2v) is 7.36. The van der Waals surface area contributed by atoms with Crippen molar-refractivity contribution in [3.63, 3.8) is 0 Å². The minimum atomic E-state index is -0.873. The number of aryl methyl sites for hydroxylation is 1. The molecule has 0 radical (unpaired) electrons. The molecule has 7 nitrogen and oxygen atoms in total. The number of hydrogen-bond acceptors (Lipinski definition) is 4. The van der Waals surface area contributed by atoms with Gasteiger partial charge in [0.05, 0.1) is 0 Å². The van der Waals surface area contributed by atoms with E-state index < -0.39 is 12.0 Å². The summed E-state index contributed by atoms with van der Waals surface area (Å²) in [6.45, 7) is 1.46. The molecule has 162 valence electrons. The van der Waals surface area contributed by atoms with Crippen molar-refractivity contribution in [3.8, 4) is 0 Å². The Labute approximate surface area is 181 Å². The maximum atomic E-state index is 12.5. The smallest absolute Gasteiger partial charge is 0.329 e. The average molecular weight is 421 g/mol. The van der Waals surface area contributed by atoms with E-state index in [1.54, 1.807) is 0 Å². The van der Waals surface area contributed by atoms with Gasteiger partial charge in [-0.3, -0.25) is 9.59 Å². The van der Waals surface area contributed by atoms with Gasteiger partial charge in [0.2, 0.25) is 5.91 Å². The Hall–Kier alpha value is -3.61. The fourth-order valence-corrected chi connectivity index (χ4v) is 3.41. The molecule has 3 rings (SSSR count). The van der Waals surface area contributed by atoms with E-state index >= 15 is 0 Å². The highest BCUT2D eigenvalue weighted by atomic mass is 16.5. The molecule has 0 saturated heterocycles. The van der Waals surface area contributed by atoms with Crippen LogP contribution in [0.15, 0.2) is 60.8 Å². The highest BCUT2D eigenvalue weighted by Crippen LogP contribution is 2.19. The molecule has 1 unspecified atom stereocenters. The van der Waals surface area contributed by atoms with Crippen LogP contribution in [0.1, 0.15) is 24.5 Å². The monoisotopic (exact) mass is 421 g/mol. The molecule has 2 amide bonds. The van der Waals surface area contributed by atoms with Crippen LogP contribution in [0.25, 0.3) is 10.9 Å². The number of carbonyl (C=O) groups is 3. The predicted molar refractivity (Wildman–Crippen MR) is 118 cm³/mol. The van der Waals surface area contributed by atoms with E-state index in [-0.39, 0.29) is 24.8 Å². The zero-order valence-electron chi connectivity index (χ0n) is 17.5. The van der Waals surface area contributed by atoms with Gasteiger partial charge in [0.1, 0.15) is 6.04 Å². The molecule has 31 heavy (non-hydrogen) atoms. The summed E-state index contributed by atoms with van der Waals surface area (Å²) in [5, 5.41) is 6.34. The van der Waals surface area contributed by atoms with Gasteiger partial charge in [-0.25, -0.2) is 4.79 Å². The lowest BCUT2D eigenvalue weighted by molar-refractivity contribution is -0.151. The van der Waals surface area contributed by atoms with Gasteiger partial charge in [0.25, 0.3) is 5.91 Å². The van der Waals surface area contributed by atoms with E-state index in [2.05, 4.69) is 15.6 Å². The topological polar surface area (TPSA) is 100 Å². The quantitative estimate of drug-likeness (QED) is 0.346. The lowest BCUT2D eigenvalue weighted by Crippen LogP contribution is -2.43. The fraction of sp³-hybridized carbons (Fsp3) is 0.292. The molecule has 7 heteroatoms. The first-order chi connectivity index (χ1) is 15.0. The average Bonchev–Trinajstić information content (AvgIpc) is 3.18. The van der Waals surface area contributed by atoms with Crippen molar-refractivity contribution in [2.45, 2.75) is 32.2 Å². The van der Waals surface area contributed by atoms with Crippen LogP contribution in [-0.2, 0) is 32.0 Å². The van der Waals surface area contributed by atoms with E-state index in [1.807, 2.05) is 60.8 Å². The highest BCUT2D eigenvalue weighted by Gasteiger charge is 2.23. The molecular formula is C24H27N3O4. The number of carbonyl (C=O) groups excluding carboxylic acids is 3. The van der Waals surface area contributed by atoms with Crippen LogP contribution in [0, 0.1) is 0 Å². The summed E-state index contributed by atoms with van der Waals surface area (Å²) in [6.07, 6.45) is 3.72. The van der Waals surface area contributed by atoms with Gasteiger partial charge in [0, 0.05) is 37.0 Å². The van der Waals surface area contributed by atoms with Gasteiger partial charge in [-0.05, 0) is 30.0 Å². The van der Waals surface area contributed by atoms with Gasteiger partial charge in [-0.15, -0.1) is 0 Å². The number of hydrogen-bond donors (Lipinski definition) is 3. The number of benzene rings is 2.